The molecule has 2 saturated heterocycles. The zero-order valence-corrected chi connectivity index (χ0v) is 15.6. The molecule has 4 rings (SSSR count). The van der Waals surface area contributed by atoms with E-state index in [1.807, 2.05) is 0 Å². The highest BCUT2D eigenvalue weighted by Gasteiger charge is 2.44. The molecule has 0 N–H and O–H groups in total. The van der Waals surface area contributed by atoms with Crippen LogP contribution in [0.4, 0.5) is 4.39 Å². The Morgan fingerprint density at radius 2 is 2.11 bits per heavy atom. The number of piperidine rings is 1. The number of likely N-dealkylation sites (tertiary alicyclic amines) is 1. The summed E-state index contributed by atoms with van der Waals surface area (Å²) < 4.78 is 24.9. The molecular weight excluding hydrogens is 363 g/mol. The van der Waals surface area contributed by atoms with Crippen LogP contribution in [0.5, 0.6) is 5.88 Å². The standard InChI is InChI=1S/C20H23FN4O3/c21-17-11-15(1-5-23-17)19(26)25-8-2-20(3-9-25)4-10-27-13-16(20)14-28-18-12-22-6-7-24-18/h1,5-7,11-12,16H,2-4,8-10,13-14H2/t16-/m1/s1. The predicted molar refractivity (Wildman–Crippen MR) is 98.2 cm³/mol. The number of rotatable bonds is 4. The Hall–Kier alpha value is -2.61. The minimum Gasteiger partial charge on any atom is -0.476 e. The van der Waals surface area contributed by atoms with Crippen LogP contribution in [0.1, 0.15) is 29.6 Å². The van der Waals surface area contributed by atoms with Crippen molar-refractivity contribution < 1.29 is 18.7 Å². The average molecular weight is 386 g/mol. The maximum atomic E-state index is 13.3. The number of hydrogen-bond acceptors (Lipinski definition) is 6. The van der Waals surface area contributed by atoms with Gasteiger partial charge in [-0.1, -0.05) is 0 Å². The van der Waals surface area contributed by atoms with Crippen molar-refractivity contribution in [2.75, 3.05) is 32.9 Å². The van der Waals surface area contributed by atoms with E-state index in [1.54, 1.807) is 29.6 Å². The molecule has 1 atom stereocenters. The number of halogens is 1. The minimum atomic E-state index is -0.634. The van der Waals surface area contributed by atoms with Crippen molar-refractivity contribution in [3.05, 3.63) is 48.4 Å². The number of hydrogen-bond donors (Lipinski definition) is 0. The number of carbonyl (C=O) groups is 1. The SMILES string of the molecule is O=C(c1ccnc(F)c1)N1CCC2(CCOC[C@@H]2COc2cnccn2)CC1. The topological polar surface area (TPSA) is 77.4 Å². The third kappa shape index (κ3) is 3.96. The second-order valence-corrected chi connectivity index (χ2v) is 7.40. The number of carbonyl (C=O) groups excluding carboxylic acids is 1. The van der Waals surface area contributed by atoms with Gasteiger partial charge in [0.15, 0.2) is 0 Å². The van der Waals surface area contributed by atoms with E-state index in [1.165, 1.54) is 12.3 Å². The first-order valence-corrected chi connectivity index (χ1v) is 9.54. The van der Waals surface area contributed by atoms with Gasteiger partial charge in [0, 0.05) is 55.8 Å². The number of amides is 1. The quantitative estimate of drug-likeness (QED) is 0.751. The second kappa shape index (κ2) is 8.18. The first-order valence-electron chi connectivity index (χ1n) is 9.54. The van der Waals surface area contributed by atoms with E-state index in [2.05, 4.69) is 15.0 Å². The molecule has 2 aliphatic rings. The van der Waals surface area contributed by atoms with Gasteiger partial charge in [-0.3, -0.25) is 9.78 Å². The van der Waals surface area contributed by atoms with Crippen LogP contribution in [-0.2, 0) is 4.74 Å². The molecular formula is C20H23FN4O3. The van der Waals surface area contributed by atoms with Gasteiger partial charge in [-0.2, -0.15) is 4.39 Å². The van der Waals surface area contributed by atoms with Gasteiger partial charge in [0.05, 0.1) is 19.4 Å². The van der Waals surface area contributed by atoms with E-state index in [0.29, 0.717) is 37.7 Å². The zero-order valence-electron chi connectivity index (χ0n) is 15.6. The molecule has 2 aromatic heterocycles. The van der Waals surface area contributed by atoms with Gasteiger partial charge in [0.25, 0.3) is 5.91 Å². The molecule has 2 aromatic rings. The van der Waals surface area contributed by atoms with E-state index < -0.39 is 5.95 Å². The fourth-order valence-corrected chi connectivity index (χ4v) is 4.18. The smallest absolute Gasteiger partial charge is 0.254 e. The Morgan fingerprint density at radius 1 is 1.25 bits per heavy atom. The van der Waals surface area contributed by atoms with Gasteiger partial charge < -0.3 is 14.4 Å². The minimum absolute atomic E-state index is 0.0841. The van der Waals surface area contributed by atoms with Crippen LogP contribution in [-0.4, -0.2) is 58.7 Å². The summed E-state index contributed by atoms with van der Waals surface area (Å²) in [4.78, 5) is 26.2. The lowest BCUT2D eigenvalue weighted by Crippen LogP contribution is -2.51. The van der Waals surface area contributed by atoms with Crippen molar-refractivity contribution in [2.45, 2.75) is 19.3 Å². The Labute approximate surface area is 162 Å². The molecule has 4 heterocycles. The Morgan fingerprint density at radius 3 is 2.86 bits per heavy atom. The molecule has 0 aliphatic carbocycles. The second-order valence-electron chi connectivity index (χ2n) is 7.40. The summed E-state index contributed by atoms with van der Waals surface area (Å²) in [6.07, 6.45) is 8.85. The zero-order chi connectivity index (χ0) is 19.4. The molecule has 7 nitrogen and oxygen atoms in total. The van der Waals surface area contributed by atoms with E-state index in [9.17, 15) is 9.18 Å². The molecule has 1 spiro atoms. The Bertz CT molecular complexity index is 812. The van der Waals surface area contributed by atoms with Crippen molar-refractivity contribution >= 4 is 5.91 Å². The molecule has 1 amide bonds. The number of nitrogens with zero attached hydrogens (tertiary/aromatic N) is 4. The number of pyridine rings is 1. The van der Waals surface area contributed by atoms with Crippen LogP contribution in [0.2, 0.25) is 0 Å². The summed E-state index contributed by atoms with van der Waals surface area (Å²) in [7, 11) is 0. The van der Waals surface area contributed by atoms with Crippen LogP contribution < -0.4 is 4.74 Å². The van der Waals surface area contributed by atoms with Crippen LogP contribution in [0.15, 0.2) is 36.9 Å². The van der Waals surface area contributed by atoms with Crippen LogP contribution >= 0.6 is 0 Å². The van der Waals surface area contributed by atoms with Gasteiger partial charge in [0.1, 0.15) is 0 Å². The third-order valence-corrected chi connectivity index (χ3v) is 5.92. The normalized spacial score (nSPS) is 21.5. The third-order valence-electron chi connectivity index (χ3n) is 5.92. The summed E-state index contributed by atoms with van der Waals surface area (Å²) in [5.74, 6) is -0.0324. The fraction of sp³-hybridized carbons (Fsp3) is 0.500. The molecule has 0 bridgehead atoms. The van der Waals surface area contributed by atoms with Gasteiger partial charge >= 0.3 is 0 Å². The van der Waals surface area contributed by atoms with Crippen molar-refractivity contribution in [1.29, 1.82) is 0 Å². The van der Waals surface area contributed by atoms with Gasteiger partial charge in [0.2, 0.25) is 11.8 Å². The predicted octanol–water partition coefficient (Wildman–Crippen LogP) is 2.35. The van der Waals surface area contributed by atoms with Crippen LogP contribution in [0, 0.1) is 17.3 Å². The van der Waals surface area contributed by atoms with Gasteiger partial charge in [-0.15, -0.1) is 0 Å². The van der Waals surface area contributed by atoms with Crippen molar-refractivity contribution in [3.63, 3.8) is 0 Å². The molecule has 28 heavy (non-hydrogen) atoms. The molecule has 2 fully saturated rings. The van der Waals surface area contributed by atoms with Crippen LogP contribution in [0.3, 0.4) is 0 Å². The fourth-order valence-electron chi connectivity index (χ4n) is 4.18. The molecule has 2 aliphatic heterocycles. The lowest BCUT2D eigenvalue weighted by atomic mass is 9.66. The van der Waals surface area contributed by atoms with E-state index >= 15 is 0 Å². The monoisotopic (exact) mass is 386 g/mol. The molecule has 8 heteroatoms. The maximum absolute atomic E-state index is 13.3. The maximum Gasteiger partial charge on any atom is 0.254 e. The largest absolute Gasteiger partial charge is 0.476 e. The summed E-state index contributed by atoms with van der Waals surface area (Å²) in [5, 5.41) is 0. The highest BCUT2D eigenvalue weighted by Crippen LogP contribution is 2.45. The molecule has 0 unspecified atom stereocenters. The van der Waals surface area contributed by atoms with Crippen LogP contribution in [0.25, 0.3) is 0 Å². The lowest BCUT2D eigenvalue weighted by molar-refractivity contribution is -0.0826. The summed E-state index contributed by atoms with van der Waals surface area (Å²) in [6, 6.07) is 2.75. The summed E-state index contributed by atoms with van der Waals surface area (Å²) in [6.45, 7) is 3.17. The van der Waals surface area contributed by atoms with Crippen molar-refractivity contribution in [2.24, 2.45) is 11.3 Å². The highest BCUT2D eigenvalue weighted by molar-refractivity contribution is 5.94. The van der Waals surface area contributed by atoms with E-state index in [-0.39, 0.29) is 17.2 Å². The van der Waals surface area contributed by atoms with Crippen molar-refractivity contribution in [3.8, 4) is 5.88 Å². The number of ether oxygens (including phenoxy) is 2. The Balaban J connectivity index is 1.40. The first kappa shape index (κ1) is 18.7. The number of aromatic nitrogens is 3. The van der Waals surface area contributed by atoms with E-state index in [0.717, 1.165) is 25.9 Å². The van der Waals surface area contributed by atoms with E-state index in [4.69, 9.17) is 9.47 Å². The Kier molecular flexibility index (Phi) is 5.47. The molecule has 0 radical (unpaired) electrons. The summed E-state index contributed by atoms with van der Waals surface area (Å²) >= 11 is 0. The van der Waals surface area contributed by atoms with Gasteiger partial charge in [-0.25, -0.2) is 9.97 Å². The average Bonchev–Trinajstić information content (AvgIpc) is 2.74. The first-order chi connectivity index (χ1) is 13.7. The molecule has 0 aromatic carbocycles. The van der Waals surface area contributed by atoms with Crippen molar-refractivity contribution in [1.82, 2.24) is 19.9 Å². The highest BCUT2D eigenvalue weighted by atomic mass is 19.1. The molecule has 0 saturated carbocycles. The lowest BCUT2D eigenvalue weighted by Gasteiger charge is -2.48. The van der Waals surface area contributed by atoms with Gasteiger partial charge in [-0.05, 0) is 30.7 Å². The molecule has 148 valence electrons. The summed E-state index contributed by atoms with van der Waals surface area (Å²) in [5.41, 5.74) is 0.429.